The van der Waals surface area contributed by atoms with E-state index < -0.39 is 6.10 Å². The molecule has 0 saturated carbocycles. The first-order valence-electron chi connectivity index (χ1n) is 8.84. The zero-order valence-corrected chi connectivity index (χ0v) is 14.6. The maximum atomic E-state index is 13.1. The van der Waals surface area contributed by atoms with Crippen LogP contribution in [0.3, 0.4) is 0 Å². The number of benzene rings is 2. The number of ether oxygens (including phenoxy) is 2. The number of anilines is 2. The fourth-order valence-corrected chi connectivity index (χ4v) is 3.23. The third kappa shape index (κ3) is 3.78. The Labute approximate surface area is 155 Å². The molecule has 0 radical (unpaired) electrons. The van der Waals surface area contributed by atoms with E-state index in [1.165, 1.54) is 12.1 Å². The number of amides is 2. The second-order valence-corrected chi connectivity index (χ2v) is 6.57. The summed E-state index contributed by atoms with van der Waals surface area (Å²) in [6.07, 6.45) is 1.14. The van der Waals surface area contributed by atoms with Crippen LogP contribution in [0.15, 0.2) is 42.5 Å². The fourth-order valence-electron chi connectivity index (χ4n) is 3.23. The molecule has 1 N–H and O–H groups in total. The minimum atomic E-state index is -0.436. The Hall–Kier alpha value is -2.93. The zero-order valence-electron chi connectivity index (χ0n) is 14.6. The maximum absolute atomic E-state index is 13.1. The summed E-state index contributed by atoms with van der Waals surface area (Å²) >= 11 is 0. The molecule has 2 aliphatic heterocycles. The van der Waals surface area contributed by atoms with Crippen molar-refractivity contribution in [1.29, 1.82) is 0 Å². The van der Waals surface area contributed by atoms with Gasteiger partial charge in [-0.2, -0.15) is 0 Å². The zero-order chi connectivity index (χ0) is 18.8. The first-order chi connectivity index (χ1) is 13.1. The van der Waals surface area contributed by atoms with Crippen molar-refractivity contribution in [2.24, 2.45) is 0 Å². The number of carbonyl (C=O) groups excluding carboxylic acids is 2. The Bertz CT molecular complexity index is 863. The summed E-state index contributed by atoms with van der Waals surface area (Å²) in [5.41, 5.74) is 1.93. The molecular formula is C20H19FN2O4. The summed E-state index contributed by atoms with van der Waals surface area (Å²) in [5, 5.41) is 2.83. The van der Waals surface area contributed by atoms with Gasteiger partial charge in [0, 0.05) is 12.3 Å². The van der Waals surface area contributed by atoms with Crippen LogP contribution in [0.2, 0.25) is 0 Å². The Morgan fingerprint density at radius 1 is 1.22 bits per heavy atom. The molecule has 2 aromatic rings. The van der Waals surface area contributed by atoms with Gasteiger partial charge in [-0.25, -0.2) is 4.39 Å². The molecule has 2 aliphatic rings. The number of rotatable bonds is 4. The smallest absolute Gasteiger partial charge is 0.265 e. The van der Waals surface area contributed by atoms with Gasteiger partial charge >= 0.3 is 0 Å². The Kier molecular flexibility index (Phi) is 4.77. The quantitative estimate of drug-likeness (QED) is 0.899. The Balaban J connectivity index is 1.57. The second kappa shape index (κ2) is 7.36. The van der Waals surface area contributed by atoms with Gasteiger partial charge in [0.25, 0.3) is 11.8 Å². The third-order valence-electron chi connectivity index (χ3n) is 4.65. The van der Waals surface area contributed by atoms with Gasteiger partial charge in [-0.1, -0.05) is 12.1 Å². The molecule has 27 heavy (non-hydrogen) atoms. The lowest BCUT2D eigenvalue weighted by Gasteiger charge is -2.30. The average Bonchev–Trinajstić information content (AvgIpc) is 3.21. The summed E-state index contributed by atoms with van der Waals surface area (Å²) in [7, 11) is 0. The van der Waals surface area contributed by atoms with E-state index in [2.05, 4.69) is 5.32 Å². The number of hydrogen-bond acceptors (Lipinski definition) is 4. The number of nitrogens with one attached hydrogen (secondary N) is 1. The van der Waals surface area contributed by atoms with Crippen molar-refractivity contribution >= 4 is 23.2 Å². The molecule has 0 bridgehead atoms. The number of nitrogens with zero attached hydrogens (tertiary/aromatic N) is 1. The van der Waals surface area contributed by atoms with Gasteiger partial charge in [0.1, 0.15) is 17.7 Å². The molecule has 140 valence electrons. The standard InChI is InChI=1S/C20H19FN2O4/c21-14-5-3-13(4-6-14)11-23-16-10-15(7-8-17(16)27-12-19(23)24)22-20(25)18-2-1-9-26-18/h3-8,10,18H,1-2,9,11-12H2,(H,22,25). The molecule has 1 atom stereocenters. The van der Waals surface area contributed by atoms with Crippen molar-refractivity contribution in [2.75, 3.05) is 23.4 Å². The molecule has 1 unspecified atom stereocenters. The van der Waals surface area contributed by atoms with Crippen molar-refractivity contribution in [1.82, 2.24) is 0 Å². The van der Waals surface area contributed by atoms with Gasteiger partial charge in [-0.05, 0) is 48.7 Å². The summed E-state index contributed by atoms with van der Waals surface area (Å²) in [5.74, 6) is -0.159. The van der Waals surface area contributed by atoms with Crippen molar-refractivity contribution in [2.45, 2.75) is 25.5 Å². The summed E-state index contributed by atoms with van der Waals surface area (Å²) in [6.45, 7) is 0.824. The molecule has 7 heteroatoms. The SMILES string of the molecule is O=C(Nc1ccc2c(c1)N(Cc1ccc(F)cc1)C(=O)CO2)C1CCCO1. The van der Waals surface area contributed by atoms with E-state index in [4.69, 9.17) is 9.47 Å². The van der Waals surface area contributed by atoms with Gasteiger partial charge in [0.15, 0.2) is 6.61 Å². The summed E-state index contributed by atoms with van der Waals surface area (Å²) in [6, 6.07) is 11.2. The number of fused-ring (bicyclic) bond motifs is 1. The topological polar surface area (TPSA) is 67.9 Å². The Morgan fingerprint density at radius 3 is 2.78 bits per heavy atom. The summed E-state index contributed by atoms with van der Waals surface area (Å²) in [4.78, 5) is 26.2. The minimum Gasteiger partial charge on any atom is -0.482 e. The van der Waals surface area contributed by atoms with E-state index in [-0.39, 0.29) is 24.2 Å². The van der Waals surface area contributed by atoms with Gasteiger partial charge in [-0.3, -0.25) is 9.59 Å². The number of carbonyl (C=O) groups is 2. The lowest BCUT2D eigenvalue weighted by atomic mass is 10.1. The normalized spacial score (nSPS) is 18.8. The monoisotopic (exact) mass is 370 g/mol. The highest BCUT2D eigenvalue weighted by Gasteiger charge is 2.27. The molecule has 0 aromatic heterocycles. The highest BCUT2D eigenvalue weighted by molar-refractivity contribution is 6.00. The lowest BCUT2D eigenvalue weighted by molar-refractivity contribution is -0.124. The molecule has 1 fully saturated rings. The fraction of sp³-hybridized carbons (Fsp3) is 0.300. The van der Waals surface area contributed by atoms with Crippen molar-refractivity contribution < 1.29 is 23.5 Å². The number of halogens is 1. The van der Waals surface area contributed by atoms with Crippen LogP contribution in [-0.4, -0.2) is 31.1 Å². The van der Waals surface area contributed by atoms with Crippen LogP contribution in [-0.2, 0) is 20.9 Å². The van der Waals surface area contributed by atoms with Crippen LogP contribution < -0.4 is 15.0 Å². The first-order valence-corrected chi connectivity index (χ1v) is 8.84. The number of hydrogen-bond donors (Lipinski definition) is 1. The van der Waals surface area contributed by atoms with Gasteiger partial charge in [0.2, 0.25) is 0 Å². The highest BCUT2D eigenvalue weighted by Crippen LogP contribution is 2.35. The maximum Gasteiger partial charge on any atom is 0.265 e. The van der Waals surface area contributed by atoms with Gasteiger partial charge < -0.3 is 19.7 Å². The Morgan fingerprint density at radius 2 is 2.04 bits per heavy atom. The van der Waals surface area contributed by atoms with E-state index in [9.17, 15) is 14.0 Å². The largest absolute Gasteiger partial charge is 0.482 e. The molecule has 2 heterocycles. The molecule has 0 aliphatic carbocycles. The first kappa shape index (κ1) is 17.5. The van der Waals surface area contributed by atoms with E-state index in [0.29, 0.717) is 36.7 Å². The second-order valence-electron chi connectivity index (χ2n) is 6.57. The molecule has 1 saturated heterocycles. The third-order valence-corrected chi connectivity index (χ3v) is 4.65. The van der Waals surface area contributed by atoms with Crippen molar-refractivity contribution in [3.8, 4) is 5.75 Å². The predicted molar refractivity (Wildman–Crippen MR) is 97.1 cm³/mol. The average molecular weight is 370 g/mol. The van der Waals surface area contributed by atoms with Crippen LogP contribution in [0.4, 0.5) is 15.8 Å². The molecule has 2 aromatic carbocycles. The van der Waals surface area contributed by atoms with Crippen molar-refractivity contribution in [3.63, 3.8) is 0 Å². The van der Waals surface area contributed by atoms with Crippen LogP contribution in [0.5, 0.6) is 5.75 Å². The summed E-state index contributed by atoms with van der Waals surface area (Å²) < 4.78 is 24.0. The van der Waals surface area contributed by atoms with Gasteiger partial charge in [0.05, 0.1) is 12.2 Å². The minimum absolute atomic E-state index is 0.0597. The van der Waals surface area contributed by atoms with Crippen LogP contribution in [0, 0.1) is 5.82 Å². The van der Waals surface area contributed by atoms with Gasteiger partial charge in [-0.15, -0.1) is 0 Å². The molecular weight excluding hydrogens is 351 g/mol. The predicted octanol–water partition coefficient (Wildman–Crippen LogP) is 2.87. The highest BCUT2D eigenvalue weighted by atomic mass is 19.1. The lowest BCUT2D eigenvalue weighted by Crippen LogP contribution is -2.38. The van der Waals surface area contributed by atoms with E-state index in [1.807, 2.05) is 0 Å². The molecule has 0 spiro atoms. The van der Waals surface area contributed by atoms with E-state index >= 15 is 0 Å². The van der Waals surface area contributed by atoms with E-state index in [0.717, 1.165) is 12.0 Å². The molecule has 2 amide bonds. The molecule has 6 nitrogen and oxygen atoms in total. The van der Waals surface area contributed by atoms with Crippen molar-refractivity contribution in [3.05, 3.63) is 53.8 Å². The molecule has 4 rings (SSSR count). The van der Waals surface area contributed by atoms with Crippen LogP contribution in [0.1, 0.15) is 18.4 Å². The van der Waals surface area contributed by atoms with Crippen LogP contribution in [0.25, 0.3) is 0 Å². The van der Waals surface area contributed by atoms with Crippen LogP contribution >= 0.6 is 0 Å². The van der Waals surface area contributed by atoms with E-state index in [1.54, 1.807) is 35.2 Å².